The van der Waals surface area contributed by atoms with E-state index in [1.165, 1.54) is 17.6 Å². The minimum atomic E-state index is -4.63. The quantitative estimate of drug-likeness (QED) is 0.0917. The maximum Gasteiger partial charge on any atom is 0.416 e. The van der Waals surface area contributed by atoms with Gasteiger partial charge in [-0.1, -0.05) is 18.5 Å². The third-order valence-electron chi connectivity index (χ3n) is 8.68. The van der Waals surface area contributed by atoms with Gasteiger partial charge in [0.1, 0.15) is 18.6 Å². The maximum absolute atomic E-state index is 14.2. The summed E-state index contributed by atoms with van der Waals surface area (Å²) in [6, 6.07) is 2.48. The lowest BCUT2D eigenvalue weighted by molar-refractivity contribution is -0.137. The SMILES string of the molecule is C=NN(CC(=O)Nc1ccc(C(F)(F)F)cc1Cl)C(=O)/C(=C(/CC)NC=NCC1(CCNC)COC1)N1CCN(C(=O)c2ncnc(C)c2O)CC1. The zero-order valence-electron chi connectivity index (χ0n) is 29.1. The maximum atomic E-state index is 14.2. The van der Waals surface area contributed by atoms with Crippen LogP contribution in [-0.2, 0) is 20.5 Å². The van der Waals surface area contributed by atoms with E-state index in [4.69, 9.17) is 16.3 Å². The molecule has 0 spiro atoms. The summed E-state index contributed by atoms with van der Waals surface area (Å²) < 4.78 is 44.8. The first kappa shape index (κ1) is 40.0. The molecule has 0 unspecified atom stereocenters. The van der Waals surface area contributed by atoms with E-state index in [1.807, 2.05) is 14.0 Å². The van der Waals surface area contributed by atoms with Gasteiger partial charge in [0.2, 0.25) is 5.91 Å². The number of ether oxygens (including phenoxy) is 1. The normalized spacial score (nSPS) is 16.2. The molecule has 3 amide bonds. The number of nitrogens with zero attached hydrogens (tertiary/aromatic N) is 7. The Hall–Kier alpha value is -4.81. The predicted octanol–water partition coefficient (Wildman–Crippen LogP) is 2.87. The first-order valence-electron chi connectivity index (χ1n) is 16.4. The van der Waals surface area contributed by atoms with Gasteiger partial charge >= 0.3 is 6.18 Å². The van der Waals surface area contributed by atoms with Crippen molar-refractivity contribution in [2.45, 2.75) is 32.9 Å². The van der Waals surface area contributed by atoms with Crippen molar-refractivity contribution in [2.75, 3.05) is 71.4 Å². The molecule has 2 saturated heterocycles. The van der Waals surface area contributed by atoms with E-state index in [9.17, 15) is 32.7 Å². The number of aliphatic imine (C=N–C) groups is 1. The number of rotatable bonds is 15. The average molecular weight is 751 g/mol. The van der Waals surface area contributed by atoms with E-state index in [2.05, 4.69) is 42.7 Å². The van der Waals surface area contributed by atoms with Gasteiger partial charge in [0, 0.05) is 44.0 Å². The molecular formula is C33H42ClF3N10O5. The molecule has 52 heavy (non-hydrogen) atoms. The molecule has 0 aliphatic carbocycles. The van der Waals surface area contributed by atoms with Crippen molar-refractivity contribution in [1.29, 1.82) is 0 Å². The van der Waals surface area contributed by atoms with Gasteiger partial charge in [0.25, 0.3) is 11.8 Å². The van der Waals surface area contributed by atoms with Crippen LogP contribution in [0.5, 0.6) is 5.75 Å². The molecule has 4 rings (SSSR count). The summed E-state index contributed by atoms with van der Waals surface area (Å²) in [6.07, 6.45) is -0.729. The number of aromatic nitrogens is 2. The van der Waals surface area contributed by atoms with Gasteiger partial charge < -0.3 is 35.6 Å². The number of carbonyl (C=O) groups excluding carboxylic acids is 3. The van der Waals surface area contributed by atoms with E-state index in [0.29, 0.717) is 37.9 Å². The lowest BCUT2D eigenvalue weighted by Crippen LogP contribution is -2.51. The lowest BCUT2D eigenvalue weighted by atomic mass is 9.82. The summed E-state index contributed by atoms with van der Waals surface area (Å²) >= 11 is 6.02. The van der Waals surface area contributed by atoms with Gasteiger partial charge in [0.15, 0.2) is 11.4 Å². The van der Waals surface area contributed by atoms with Crippen molar-refractivity contribution >= 4 is 48.1 Å². The summed E-state index contributed by atoms with van der Waals surface area (Å²) in [6.45, 7) is 9.35. The highest BCUT2D eigenvalue weighted by atomic mass is 35.5. The highest BCUT2D eigenvalue weighted by Crippen LogP contribution is 2.34. The van der Waals surface area contributed by atoms with E-state index in [0.717, 1.165) is 30.1 Å². The van der Waals surface area contributed by atoms with Crippen LogP contribution in [0.2, 0.25) is 5.02 Å². The standard InChI is InChI=1S/C33H42ClF3N10O5/c1-5-24(42-19-40-16-32(8-9-38-3)17-52-18-32)28(45-10-12-46(13-11-45)30(50)27-29(49)21(2)41-20-43-27)31(51)47(39-4)15-26(48)44-25-7-6-22(14-23(25)34)33(35,36)37/h6-7,14,19-20,38,49H,4-5,8-13,15-18H2,1-3H3,(H,40,42)(H,44,48)/b28-24+. The van der Waals surface area contributed by atoms with E-state index >= 15 is 0 Å². The Morgan fingerprint density at radius 1 is 1.17 bits per heavy atom. The number of piperazine rings is 1. The van der Waals surface area contributed by atoms with Crippen molar-refractivity contribution in [3.05, 3.63) is 57.9 Å². The zero-order valence-corrected chi connectivity index (χ0v) is 29.9. The van der Waals surface area contributed by atoms with Crippen molar-refractivity contribution in [2.24, 2.45) is 15.5 Å². The number of alkyl halides is 3. The van der Waals surface area contributed by atoms with Gasteiger partial charge in [-0.3, -0.25) is 19.4 Å². The monoisotopic (exact) mass is 750 g/mol. The first-order valence-corrected chi connectivity index (χ1v) is 16.8. The lowest BCUT2D eigenvalue weighted by Gasteiger charge is -2.40. The Morgan fingerprint density at radius 3 is 2.44 bits per heavy atom. The number of benzene rings is 1. The molecule has 15 nitrogen and oxygen atoms in total. The Labute approximate surface area is 304 Å². The minimum Gasteiger partial charge on any atom is -0.504 e. The number of amides is 3. The molecule has 0 radical (unpaired) electrons. The smallest absolute Gasteiger partial charge is 0.416 e. The number of halogens is 4. The van der Waals surface area contributed by atoms with E-state index in [1.54, 1.807) is 11.8 Å². The molecule has 4 N–H and O–H groups in total. The number of nitrogens with one attached hydrogen (secondary N) is 3. The fourth-order valence-corrected chi connectivity index (χ4v) is 5.81. The molecule has 0 atom stereocenters. The van der Waals surface area contributed by atoms with Crippen LogP contribution in [0, 0.1) is 12.3 Å². The molecule has 2 aromatic rings. The van der Waals surface area contributed by atoms with Gasteiger partial charge in [0.05, 0.1) is 48.1 Å². The number of carbonyl (C=O) groups is 3. The molecule has 1 aromatic heterocycles. The summed E-state index contributed by atoms with van der Waals surface area (Å²) in [5, 5.41) is 23.3. The summed E-state index contributed by atoms with van der Waals surface area (Å²) in [7, 11) is 1.88. The van der Waals surface area contributed by atoms with Crippen molar-refractivity contribution in [3.63, 3.8) is 0 Å². The molecule has 2 fully saturated rings. The molecule has 282 valence electrons. The molecule has 0 bridgehead atoms. The van der Waals surface area contributed by atoms with Gasteiger partial charge in [-0.25, -0.2) is 15.0 Å². The molecule has 3 heterocycles. The van der Waals surface area contributed by atoms with E-state index in [-0.39, 0.29) is 65.1 Å². The largest absolute Gasteiger partial charge is 0.504 e. The second kappa shape index (κ2) is 17.6. The molecule has 1 aromatic carbocycles. The average Bonchev–Trinajstić information content (AvgIpc) is 3.10. The molecular weight excluding hydrogens is 709 g/mol. The fraction of sp³-hybridized carbons (Fsp3) is 0.485. The minimum absolute atomic E-state index is 0.0888. The van der Waals surface area contributed by atoms with Crippen LogP contribution in [0.1, 0.15) is 41.5 Å². The zero-order chi connectivity index (χ0) is 38.1. The van der Waals surface area contributed by atoms with Crippen LogP contribution in [0.25, 0.3) is 0 Å². The highest BCUT2D eigenvalue weighted by molar-refractivity contribution is 6.33. The Bertz CT molecular complexity index is 1690. The summed E-state index contributed by atoms with van der Waals surface area (Å²) in [5.41, 5.74) is -0.453. The molecule has 19 heteroatoms. The topological polar surface area (TPSA) is 177 Å². The molecule has 2 aliphatic rings. The molecule has 2 aliphatic heterocycles. The third-order valence-corrected chi connectivity index (χ3v) is 8.99. The Kier molecular flexibility index (Phi) is 13.5. The summed E-state index contributed by atoms with van der Waals surface area (Å²) in [5.74, 6) is -2.31. The predicted molar refractivity (Wildman–Crippen MR) is 188 cm³/mol. The van der Waals surface area contributed by atoms with E-state index < -0.39 is 36.0 Å². The number of aromatic hydroxyl groups is 1. The Balaban J connectivity index is 1.55. The van der Waals surface area contributed by atoms with Crippen molar-refractivity contribution in [3.8, 4) is 5.75 Å². The van der Waals surface area contributed by atoms with Gasteiger partial charge in [-0.15, -0.1) is 0 Å². The van der Waals surface area contributed by atoms with Crippen molar-refractivity contribution < 1.29 is 37.4 Å². The van der Waals surface area contributed by atoms with Crippen LogP contribution in [0.4, 0.5) is 18.9 Å². The number of anilines is 1. The number of hydrogen-bond acceptors (Lipinski definition) is 11. The third kappa shape index (κ3) is 9.74. The summed E-state index contributed by atoms with van der Waals surface area (Å²) in [4.78, 5) is 56.1. The van der Waals surface area contributed by atoms with Crippen LogP contribution < -0.4 is 16.0 Å². The van der Waals surface area contributed by atoms with Crippen LogP contribution in [-0.4, -0.2) is 127 Å². The number of allylic oxidation sites excluding steroid dienone is 1. The number of hydrazone groups is 1. The Morgan fingerprint density at radius 2 is 1.87 bits per heavy atom. The van der Waals surface area contributed by atoms with Crippen LogP contribution in [0.15, 0.2) is 46.0 Å². The molecule has 0 saturated carbocycles. The number of hydrogen-bond donors (Lipinski definition) is 4. The second-order valence-electron chi connectivity index (χ2n) is 12.3. The van der Waals surface area contributed by atoms with Gasteiger partial charge in [-0.2, -0.15) is 18.3 Å². The first-order chi connectivity index (χ1) is 24.7. The second-order valence-corrected chi connectivity index (χ2v) is 12.7. The van der Waals surface area contributed by atoms with Crippen LogP contribution >= 0.6 is 11.6 Å². The van der Waals surface area contributed by atoms with Gasteiger partial charge in [-0.05, 0) is 51.6 Å². The fourth-order valence-electron chi connectivity index (χ4n) is 5.58. The van der Waals surface area contributed by atoms with Crippen LogP contribution in [0.3, 0.4) is 0 Å². The van der Waals surface area contributed by atoms with Crippen molar-refractivity contribution in [1.82, 2.24) is 35.4 Å². The number of aryl methyl sites for hydroxylation is 1. The highest BCUT2D eigenvalue weighted by Gasteiger charge is 2.38.